The maximum atomic E-state index is 13.4. The van der Waals surface area contributed by atoms with E-state index in [0.29, 0.717) is 11.0 Å². The number of aromatic nitrogens is 2. The van der Waals surface area contributed by atoms with E-state index in [-0.39, 0.29) is 22.6 Å². The van der Waals surface area contributed by atoms with E-state index in [4.69, 9.17) is 0 Å². The Kier molecular flexibility index (Phi) is 5.87. The number of hydrogen-bond acceptors (Lipinski definition) is 7. The zero-order valence-corrected chi connectivity index (χ0v) is 19.8. The van der Waals surface area contributed by atoms with Crippen LogP contribution >= 0.6 is 22.7 Å². The molecule has 0 unspecified atom stereocenters. The first-order valence-corrected chi connectivity index (χ1v) is 13.9. The number of carbonyl (C=O) groups excluding carboxylic acids is 1. The number of nitrogens with zero attached hydrogens (tertiary/aromatic N) is 2. The van der Waals surface area contributed by atoms with Gasteiger partial charge in [0, 0.05) is 35.4 Å². The molecule has 2 saturated carbocycles. The van der Waals surface area contributed by atoms with E-state index in [0.717, 1.165) is 29.7 Å². The molecule has 0 aliphatic heterocycles. The first kappa shape index (κ1) is 21.7. The van der Waals surface area contributed by atoms with Crippen molar-refractivity contribution in [1.29, 1.82) is 0 Å². The Morgan fingerprint density at radius 3 is 2.75 bits per heavy atom. The molecule has 2 aliphatic rings. The molecule has 0 spiro atoms. The standard InChI is InChI=1S/C22H24N4O3S3/c27-20(26-21-24-10-11-30-21)22(12-17(22)16-5-1-2-6-16)18-7-8-19(31-18)32(28,29)25-14-15-4-3-9-23-13-15/h3-4,7-11,13,16-17,25H,1-2,5-6,12,14H2,(H,24,26,27)/t17-,22+/m0/s1. The number of thiazole rings is 1. The summed E-state index contributed by atoms with van der Waals surface area (Å²) >= 11 is 2.59. The van der Waals surface area contributed by atoms with Gasteiger partial charge in [0.2, 0.25) is 15.9 Å². The van der Waals surface area contributed by atoms with Gasteiger partial charge in [-0.05, 0) is 42.0 Å². The second kappa shape index (κ2) is 8.66. The molecule has 0 radical (unpaired) electrons. The van der Waals surface area contributed by atoms with Crippen molar-refractivity contribution in [3.63, 3.8) is 0 Å². The molecule has 3 aromatic rings. The minimum Gasteiger partial charge on any atom is -0.301 e. The summed E-state index contributed by atoms with van der Waals surface area (Å²) in [5.41, 5.74) is 0.123. The van der Waals surface area contributed by atoms with Gasteiger partial charge in [-0.3, -0.25) is 9.78 Å². The third-order valence-electron chi connectivity index (χ3n) is 6.52. The normalized spacial score (nSPS) is 23.3. The molecule has 0 aromatic carbocycles. The van der Waals surface area contributed by atoms with Gasteiger partial charge in [0.15, 0.2) is 5.13 Å². The van der Waals surface area contributed by atoms with Gasteiger partial charge in [0.1, 0.15) is 4.21 Å². The van der Waals surface area contributed by atoms with E-state index >= 15 is 0 Å². The molecule has 2 N–H and O–H groups in total. The molecule has 3 heterocycles. The summed E-state index contributed by atoms with van der Waals surface area (Å²) in [7, 11) is -3.68. The van der Waals surface area contributed by atoms with Gasteiger partial charge < -0.3 is 5.32 Å². The van der Waals surface area contributed by atoms with E-state index in [1.54, 1.807) is 30.7 Å². The molecule has 32 heavy (non-hydrogen) atoms. The van der Waals surface area contributed by atoms with Crippen LogP contribution in [0.3, 0.4) is 0 Å². The molecule has 168 valence electrons. The number of amides is 1. The minimum atomic E-state index is -3.68. The Hall–Kier alpha value is -2.14. The summed E-state index contributed by atoms with van der Waals surface area (Å²) in [6.45, 7) is 0.170. The van der Waals surface area contributed by atoms with Crippen LogP contribution in [0.15, 0.2) is 52.4 Å². The third-order valence-corrected chi connectivity index (χ3v) is 10.4. The SMILES string of the molecule is O=C(Nc1nccs1)[C@]1(c2ccc(S(=O)(=O)NCc3cccnc3)s2)C[C@H]1C1CCCC1. The molecule has 2 atom stereocenters. The average Bonchev–Trinajstić information content (AvgIpc) is 3.31. The summed E-state index contributed by atoms with van der Waals surface area (Å²) in [5.74, 6) is 0.698. The van der Waals surface area contributed by atoms with E-state index in [1.807, 2.05) is 17.5 Å². The Balaban J connectivity index is 1.39. The van der Waals surface area contributed by atoms with Crippen LogP contribution in [0.4, 0.5) is 5.13 Å². The highest BCUT2D eigenvalue weighted by Crippen LogP contribution is 2.62. The Morgan fingerprint density at radius 1 is 1.19 bits per heavy atom. The summed E-state index contributed by atoms with van der Waals surface area (Å²) in [5, 5.41) is 5.38. The van der Waals surface area contributed by atoms with Gasteiger partial charge in [-0.2, -0.15) is 0 Å². The lowest BCUT2D eigenvalue weighted by molar-refractivity contribution is -0.119. The zero-order chi connectivity index (χ0) is 22.2. The first-order chi connectivity index (χ1) is 15.5. The molecule has 7 nitrogen and oxygen atoms in total. The smallest absolute Gasteiger partial charge is 0.250 e. The monoisotopic (exact) mass is 488 g/mol. The maximum Gasteiger partial charge on any atom is 0.250 e. The van der Waals surface area contributed by atoms with Crippen LogP contribution in [0.2, 0.25) is 0 Å². The Morgan fingerprint density at radius 2 is 2.03 bits per heavy atom. The summed E-state index contributed by atoms with van der Waals surface area (Å²) < 4.78 is 28.7. The predicted molar refractivity (Wildman–Crippen MR) is 125 cm³/mol. The highest BCUT2D eigenvalue weighted by atomic mass is 32.2. The van der Waals surface area contributed by atoms with Crippen molar-refractivity contribution in [2.24, 2.45) is 11.8 Å². The molecule has 0 saturated heterocycles. The van der Waals surface area contributed by atoms with E-state index in [9.17, 15) is 13.2 Å². The van der Waals surface area contributed by atoms with Gasteiger partial charge in [-0.1, -0.05) is 31.7 Å². The molecule has 2 fully saturated rings. The average molecular weight is 489 g/mol. The quantitative estimate of drug-likeness (QED) is 0.496. The van der Waals surface area contributed by atoms with Crippen molar-refractivity contribution in [1.82, 2.24) is 14.7 Å². The zero-order valence-electron chi connectivity index (χ0n) is 17.4. The molecule has 0 bridgehead atoms. The van der Waals surface area contributed by atoms with Gasteiger partial charge in [0.25, 0.3) is 0 Å². The van der Waals surface area contributed by atoms with Crippen molar-refractivity contribution in [3.8, 4) is 0 Å². The topological polar surface area (TPSA) is 101 Å². The Labute approximate surface area is 195 Å². The highest BCUT2D eigenvalue weighted by Gasteiger charge is 2.64. The van der Waals surface area contributed by atoms with Crippen LogP contribution in [-0.2, 0) is 26.8 Å². The lowest BCUT2D eigenvalue weighted by atomic mass is 9.91. The van der Waals surface area contributed by atoms with E-state index < -0.39 is 15.4 Å². The lowest BCUT2D eigenvalue weighted by Gasteiger charge is -2.18. The van der Waals surface area contributed by atoms with Crippen LogP contribution in [-0.4, -0.2) is 24.3 Å². The summed E-state index contributed by atoms with van der Waals surface area (Å²) in [6, 6.07) is 7.03. The van der Waals surface area contributed by atoms with Crippen LogP contribution in [0.25, 0.3) is 0 Å². The fourth-order valence-electron chi connectivity index (χ4n) is 4.82. The van der Waals surface area contributed by atoms with Gasteiger partial charge >= 0.3 is 0 Å². The second-order valence-electron chi connectivity index (χ2n) is 8.42. The van der Waals surface area contributed by atoms with Crippen LogP contribution < -0.4 is 10.0 Å². The number of sulfonamides is 1. The molecule has 3 aromatic heterocycles. The number of hydrogen-bond donors (Lipinski definition) is 2. The van der Waals surface area contributed by atoms with Crippen LogP contribution in [0.5, 0.6) is 0 Å². The number of carbonyl (C=O) groups is 1. The molecule has 5 rings (SSSR count). The maximum absolute atomic E-state index is 13.4. The highest BCUT2D eigenvalue weighted by molar-refractivity contribution is 7.91. The molecular formula is C22H24N4O3S3. The number of rotatable bonds is 8. The lowest BCUT2D eigenvalue weighted by Crippen LogP contribution is -2.30. The molecular weight excluding hydrogens is 464 g/mol. The van der Waals surface area contributed by atoms with Crippen molar-refractivity contribution in [3.05, 3.63) is 58.7 Å². The number of anilines is 1. The van der Waals surface area contributed by atoms with Gasteiger partial charge in [0.05, 0.1) is 5.41 Å². The molecule has 2 aliphatic carbocycles. The van der Waals surface area contributed by atoms with Crippen molar-refractivity contribution < 1.29 is 13.2 Å². The summed E-state index contributed by atoms with van der Waals surface area (Å²) in [4.78, 5) is 22.5. The van der Waals surface area contributed by atoms with Crippen molar-refractivity contribution >= 4 is 43.7 Å². The first-order valence-electron chi connectivity index (χ1n) is 10.7. The Bertz CT molecular complexity index is 1190. The van der Waals surface area contributed by atoms with Gasteiger partial charge in [-0.15, -0.1) is 22.7 Å². The van der Waals surface area contributed by atoms with Crippen LogP contribution in [0, 0.1) is 11.8 Å². The van der Waals surface area contributed by atoms with E-state index in [1.165, 1.54) is 35.5 Å². The fourth-order valence-corrected chi connectivity index (χ4v) is 7.98. The number of nitrogens with one attached hydrogen (secondary N) is 2. The van der Waals surface area contributed by atoms with Crippen molar-refractivity contribution in [2.75, 3.05) is 5.32 Å². The van der Waals surface area contributed by atoms with Crippen LogP contribution in [0.1, 0.15) is 42.5 Å². The number of thiophene rings is 1. The largest absolute Gasteiger partial charge is 0.301 e. The van der Waals surface area contributed by atoms with Crippen molar-refractivity contribution in [2.45, 2.75) is 48.3 Å². The number of pyridine rings is 1. The minimum absolute atomic E-state index is 0.0709. The predicted octanol–water partition coefficient (Wildman–Crippen LogP) is 4.16. The van der Waals surface area contributed by atoms with Gasteiger partial charge in [-0.25, -0.2) is 18.1 Å². The third kappa shape index (κ3) is 4.12. The molecule has 10 heteroatoms. The van der Waals surface area contributed by atoms with E-state index in [2.05, 4.69) is 20.0 Å². The second-order valence-corrected chi connectivity index (χ2v) is 12.4. The summed E-state index contributed by atoms with van der Waals surface area (Å²) in [6.07, 6.45) is 10.4. The molecule has 1 amide bonds. The fraction of sp³-hybridized carbons (Fsp3) is 0.409.